The number of amides is 1. The molecule has 2 aromatic carbocycles. The Morgan fingerprint density at radius 1 is 1.18 bits per heavy atom. The van der Waals surface area contributed by atoms with Crippen LogP contribution >= 0.6 is 11.8 Å². The van der Waals surface area contributed by atoms with Crippen LogP contribution in [0.3, 0.4) is 0 Å². The lowest BCUT2D eigenvalue weighted by molar-refractivity contribution is -0.113. The molecule has 10 heteroatoms. The summed E-state index contributed by atoms with van der Waals surface area (Å²) in [6, 6.07) is 10.0. The van der Waals surface area contributed by atoms with E-state index in [1.54, 1.807) is 12.1 Å². The van der Waals surface area contributed by atoms with Crippen molar-refractivity contribution in [3.63, 3.8) is 0 Å². The second kappa shape index (κ2) is 7.85. The number of benzene rings is 2. The number of thioether (sulfide) groups is 1. The highest BCUT2D eigenvalue weighted by Crippen LogP contribution is 2.35. The summed E-state index contributed by atoms with van der Waals surface area (Å²) >= 11 is 0.963. The van der Waals surface area contributed by atoms with Crippen molar-refractivity contribution < 1.29 is 27.5 Å². The van der Waals surface area contributed by atoms with E-state index < -0.39 is 23.6 Å². The summed E-state index contributed by atoms with van der Waals surface area (Å²) in [6.07, 6.45) is -0.563. The Bertz CT molecular complexity index is 1010. The lowest BCUT2D eigenvalue weighted by Gasteiger charge is -2.23. The van der Waals surface area contributed by atoms with Gasteiger partial charge in [-0.25, -0.2) is 8.78 Å². The Morgan fingerprint density at radius 3 is 2.86 bits per heavy atom. The molecule has 0 unspecified atom stereocenters. The quantitative estimate of drug-likeness (QED) is 0.649. The molecular formula is C18H13F2N3O4S. The average Bonchev–Trinajstić information content (AvgIpc) is 3.18. The number of hydrogen-bond acceptors (Lipinski definition) is 7. The van der Waals surface area contributed by atoms with Gasteiger partial charge in [0, 0.05) is 6.07 Å². The number of nitrogens with zero attached hydrogens (tertiary/aromatic N) is 2. The zero-order valence-corrected chi connectivity index (χ0v) is 15.0. The third-order valence-corrected chi connectivity index (χ3v) is 4.55. The number of carbonyl (C=O) groups excluding carboxylic acids is 1. The van der Waals surface area contributed by atoms with E-state index in [1.165, 1.54) is 0 Å². The molecule has 1 aliphatic rings. The molecule has 1 amide bonds. The van der Waals surface area contributed by atoms with Gasteiger partial charge in [0.15, 0.2) is 11.5 Å². The average molecular weight is 405 g/mol. The van der Waals surface area contributed by atoms with Gasteiger partial charge in [0.2, 0.25) is 12.0 Å². The summed E-state index contributed by atoms with van der Waals surface area (Å²) in [4.78, 5) is 11.9. The number of halogens is 2. The lowest BCUT2D eigenvalue weighted by Crippen LogP contribution is -2.21. The molecule has 1 atom stereocenters. The van der Waals surface area contributed by atoms with Crippen molar-refractivity contribution in [1.82, 2.24) is 10.2 Å². The van der Waals surface area contributed by atoms with Crippen LogP contribution in [0.1, 0.15) is 12.0 Å². The van der Waals surface area contributed by atoms with Crippen LogP contribution in [-0.2, 0) is 4.79 Å². The van der Waals surface area contributed by atoms with Crippen LogP contribution in [0.2, 0.25) is 0 Å². The molecule has 4 rings (SSSR count). The van der Waals surface area contributed by atoms with Gasteiger partial charge in [0.1, 0.15) is 18.2 Å². The molecule has 0 aliphatic carbocycles. The van der Waals surface area contributed by atoms with Crippen LogP contribution in [0.5, 0.6) is 11.5 Å². The third-order valence-electron chi connectivity index (χ3n) is 3.74. The van der Waals surface area contributed by atoms with Gasteiger partial charge in [-0.2, -0.15) is 0 Å². The molecule has 0 saturated heterocycles. The fraction of sp³-hybridized carbons (Fsp3) is 0.167. The van der Waals surface area contributed by atoms with Gasteiger partial charge in [-0.05, 0) is 24.3 Å². The predicted octanol–water partition coefficient (Wildman–Crippen LogP) is 3.59. The molecule has 2 heterocycles. The Morgan fingerprint density at radius 2 is 2.00 bits per heavy atom. The summed E-state index contributed by atoms with van der Waals surface area (Å²) in [6.45, 7) is 0.211. The minimum absolute atomic E-state index is 0.123. The van der Waals surface area contributed by atoms with Crippen molar-refractivity contribution in [2.75, 3.05) is 17.7 Å². The summed E-state index contributed by atoms with van der Waals surface area (Å²) < 4.78 is 43.6. The van der Waals surface area contributed by atoms with Crippen LogP contribution in [0, 0.1) is 11.6 Å². The lowest BCUT2D eigenvalue weighted by atomic mass is 10.2. The Hall–Kier alpha value is -3.14. The smallest absolute Gasteiger partial charge is 0.277 e. The van der Waals surface area contributed by atoms with Crippen molar-refractivity contribution in [3.05, 3.63) is 60.0 Å². The molecule has 1 aliphatic heterocycles. The highest BCUT2D eigenvalue weighted by Gasteiger charge is 2.27. The van der Waals surface area contributed by atoms with Crippen LogP contribution < -0.4 is 14.8 Å². The first-order valence-corrected chi connectivity index (χ1v) is 9.16. The monoisotopic (exact) mass is 405 g/mol. The van der Waals surface area contributed by atoms with Crippen LogP contribution in [0.25, 0.3) is 0 Å². The molecular weight excluding hydrogens is 392 g/mol. The maximum absolute atomic E-state index is 13.6. The molecule has 0 spiro atoms. The number of anilines is 1. The number of para-hydroxylation sites is 2. The SMILES string of the molecule is O=C(CSc1nnc([C@@H]2COc3ccccc3O2)o1)Nc1cc(F)ccc1F. The largest absolute Gasteiger partial charge is 0.485 e. The van der Waals surface area contributed by atoms with E-state index in [0.717, 1.165) is 30.0 Å². The number of carbonyl (C=O) groups is 1. The van der Waals surface area contributed by atoms with Gasteiger partial charge in [-0.1, -0.05) is 23.9 Å². The highest BCUT2D eigenvalue weighted by atomic mass is 32.2. The third kappa shape index (κ3) is 4.06. The normalized spacial score (nSPS) is 15.3. The van der Waals surface area contributed by atoms with Gasteiger partial charge < -0.3 is 19.2 Å². The van der Waals surface area contributed by atoms with Gasteiger partial charge in [-0.3, -0.25) is 4.79 Å². The Kier molecular flexibility index (Phi) is 5.11. The van der Waals surface area contributed by atoms with Gasteiger partial charge in [0.25, 0.3) is 11.1 Å². The van der Waals surface area contributed by atoms with Crippen molar-refractivity contribution in [1.29, 1.82) is 0 Å². The van der Waals surface area contributed by atoms with E-state index in [1.807, 2.05) is 12.1 Å². The van der Waals surface area contributed by atoms with E-state index in [2.05, 4.69) is 15.5 Å². The maximum Gasteiger partial charge on any atom is 0.277 e. The zero-order chi connectivity index (χ0) is 19.5. The van der Waals surface area contributed by atoms with Crippen LogP contribution in [0.4, 0.5) is 14.5 Å². The number of fused-ring (bicyclic) bond motifs is 1. The first-order chi connectivity index (χ1) is 13.6. The summed E-state index contributed by atoms with van der Waals surface area (Å²) in [5.41, 5.74) is -0.233. The predicted molar refractivity (Wildman–Crippen MR) is 95.3 cm³/mol. The molecule has 3 aromatic rings. The maximum atomic E-state index is 13.6. The molecule has 28 heavy (non-hydrogen) atoms. The second-order valence-corrected chi connectivity index (χ2v) is 6.66. The van der Waals surface area contributed by atoms with E-state index >= 15 is 0 Å². The van der Waals surface area contributed by atoms with E-state index in [4.69, 9.17) is 13.9 Å². The van der Waals surface area contributed by atoms with Crippen molar-refractivity contribution in [2.45, 2.75) is 11.3 Å². The van der Waals surface area contributed by atoms with Crippen LogP contribution in [0.15, 0.2) is 52.1 Å². The summed E-state index contributed by atoms with van der Waals surface area (Å²) in [5.74, 6) is -0.620. The molecule has 1 aromatic heterocycles. The van der Waals surface area contributed by atoms with Crippen LogP contribution in [-0.4, -0.2) is 28.5 Å². The minimum atomic E-state index is -0.727. The Balaban J connectivity index is 1.34. The molecule has 144 valence electrons. The topological polar surface area (TPSA) is 86.5 Å². The number of nitrogens with one attached hydrogen (secondary N) is 1. The van der Waals surface area contributed by atoms with E-state index in [-0.39, 0.29) is 29.2 Å². The second-order valence-electron chi connectivity index (χ2n) is 5.73. The fourth-order valence-corrected chi connectivity index (χ4v) is 3.03. The number of rotatable bonds is 5. The van der Waals surface area contributed by atoms with E-state index in [0.29, 0.717) is 11.5 Å². The highest BCUT2D eigenvalue weighted by molar-refractivity contribution is 7.99. The molecule has 7 nitrogen and oxygen atoms in total. The summed E-state index contributed by atoms with van der Waals surface area (Å²) in [5, 5.41) is 10.2. The zero-order valence-electron chi connectivity index (χ0n) is 14.2. The molecule has 0 fully saturated rings. The number of aromatic nitrogens is 2. The number of ether oxygens (including phenoxy) is 2. The summed E-state index contributed by atoms with van der Waals surface area (Å²) in [7, 11) is 0. The molecule has 0 saturated carbocycles. The fourth-order valence-electron chi connectivity index (χ4n) is 2.46. The number of hydrogen-bond donors (Lipinski definition) is 1. The first kappa shape index (κ1) is 18.2. The van der Waals surface area contributed by atoms with E-state index in [9.17, 15) is 13.6 Å². The van der Waals surface area contributed by atoms with Crippen molar-refractivity contribution >= 4 is 23.4 Å². The van der Waals surface area contributed by atoms with Crippen molar-refractivity contribution in [3.8, 4) is 11.5 Å². The molecule has 1 N–H and O–H groups in total. The standard InChI is InChI=1S/C18H13F2N3O4S/c19-10-5-6-11(20)12(7-10)21-16(24)9-28-18-23-22-17(27-18)15-8-25-13-3-1-2-4-14(13)26-15/h1-7,15H,8-9H2,(H,21,24)/t15-/m0/s1. The molecule has 0 bridgehead atoms. The Labute approximate surface area is 162 Å². The minimum Gasteiger partial charge on any atom is -0.485 e. The van der Waals surface area contributed by atoms with Gasteiger partial charge in [0.05, 0.1) is 11.4 Å². The van der Waals surface area contributed by atoms with Gasteiger partial charge in [-0.15, -0.1) is 10.2 Å². The van der Waals surface area contributed by atoms with Crippen molar-refractivity contribution in [2.24, 2.45) is 0 Å². The first-order valence-electron chi connectivity index (χ1n) is 8.18. The van der Waals surface area contributed by atoms with Gasteiger partial charge >= 0.3 is 0 Å². The molecule has 0 radical (unpaired) electrons.